The Labute approximate surface area is 186 Å². The molecule has 0 unspecified atom stereocenters. The summed E-state index contributed by atoms with van der Waals surface area (Å²) in [6.07, 6.45) is 2.25. The van der Waals surface area contributed by atoms with Gasteiger partial charge in [0, 0.05) is 30.8 Å². The van der Waals surface area contributed by atoms with E-state index in [9.17, 15) is 14.0 Å². The second-order valence-corrected chi connectivity index (χ2v) is 8.13. The van der Waals surface area contributed by atoms with Crippen LogP contribution in [0.2, 0.25) is 0 Å². The van der Waals surface area contributed by atoms with Crippen molar-refractivity contribution in [1.29, 1.82) is 0 Å². The van der Waals surface area contributed by atoms with E-state index in [0.717, 1.165) is 23.2 Å². The van der Waals surface area contributed by atoms with Gasteiger partial charge in [-0.05, 0) is 61.6 Å². The summed E-state index contributed by atoms with van der Waals surface area (Å²) >= 11 is 0. The molecule has 4 rings (SSSR count). The molecule has 0 bridgehead atoms. The molecule has 3 aromatic rings. The van der Waals surface area contributed by atoms with Gasteiger partial charge < -0.3 is 10.2 Å². The van der Waals surface area contributed by atoms with Gasteiger partial charge in [0.1, 0.15) is 11.6 Å². The van der Waals surface area contributed by atoms with Gasteiger partial charge in [0.25, 0.3) is 5.56 Å². The highest BCUT2D eigenvalue weighted by Crippen LogP contribution is 2.26. The number of aromatic nitrogens is 2. The van der Waals surface area contributed by atoms with Crippen LogP contribution in [0.5, 0.6) is 0 Å². The van der Waals surface area contributed by atoms with Gasteiger partial charge >= 0.3 is 0 Å². The number of hydrogen-bond acceptors (Lipinski definition) is 4. The van der Waals surface area contributed by atoms with E-state index < -0.39 is 5.82 Å². The molecule has 1 aromatic heterocycles. The Morgan fingerprint density at radius 3 is 2.59 bits per heavy atom. The molecule has 6 nitrogen and oxygen atoms in total. The number of carbonyl (C=O) groups is 1. The lowest BCUT2D eigenvalue weighted by Crippen LogP contribution is -2.39. The normalized spacial score (nSPS) is 14.4. The van der Waals surface area contributed by atoms with Crippen LogP contribution in [-0.2, 0) is 11.2 Å². The van der Waals surface area contributed by atoms with Gasteiger partial charge in [0.15, 0.2) is 0 Å². The molecule has 1 fully saturated rings. The highest BCUT2D eigenvalue weighted by atomic mass is 19.1. The van der Waals surface area contributed by atoms with Crippen LogP contribution < -0.4 is 15.8 Å². The third kappa shape index (κ3) is 4.56. The van der Waals surface area contributed by atoms with E-state index in [0.29, 0.717) is 37.4 Å². The van der Waals surface area contributed by atoms with Gasteiger partial charge in [-0.1, -0.05) is 31.2 Å². The summed E-state index contributed by atoms with van der Waals surface area (Å²) in [6, 6.07) is 15.0. The monoisotopic (exact) mass is 434 g/mol. The number of rotatable bonds is 5. The van der Waals surface area contributed by atoms with Crippen molar-refractivity contribution < 1.29 is 9.18 Å². The summed E-state index contributed by atoms with van der Waals surface area (Å²) in [7, 11) is 0. The fraction of sp³-hybridized carbons (Fsp3) is 0.320. The molecule has 7 heteroatoms. The minimum atomic E-state index is -0.423. The molecule has 0 saturated carbocycles. The van der Waals surface area contributed by atoms with Crippen molar-refractivity contribution >= 4 is 17.4 Å². The van der Waals surface area contributed by atoms with Crippen LogP contribution in [-0.4, -0.2) is 28.8 Å². The summed E-state index contributed by atoms with van der Waals surface area (Å²) in [6.45, 7) is 5.40. The van der Waals surface area contributed by atoms with Gasteiger partial charge in [-0.2, -0.15) is 4.68 Å². The number of benzene rings is 2. The molecule has 2 aromatic carbocycles. The zero-order valence-corrected chi connectivity index (χ0v) is 18.3. The van der Waals surface area contributed by atoms with Crippen molar-refractivity contribution in [3.8, 4) is 5.69 Å². The first-order valence-electron chi connectivity index (χ1n) is 11.0. The van der Waals surface area contributed by atoms with E-state index >= 15 is 0 Å². The minimum Gasteiger partial charge on any atom is -0.355 e. The lowest BCUT2D eigenvalue weighted by molar-refractivity contribution is -0.120. The van der Waals surface area contributed by atoms with Gasteiger partial charge in [0.2, 0.25) is 5.91 Å². The number of piperidine rings is 1. The lowest BCUT2D eigenvalue weighted by atomic mass is 9.95. The predicted molar refractivity (Wildman–Crippen MR) is 124 cm³/mol. The molecule has 1 aliphatic rings. The maximum Gasteiger partial charge on any atom is 0.271 e. The molecular formula is C25H27FN4O2. The first-order chi connectivity index (χ1) is 15.5. The number of nitrogens with one attached hydrogen (secondary N) is 1. The molecule has 1 aliphatic heterocycles. The smallest absolute Gasteiger partial charge is 0.271 e. The number of halogens is 1. The first-order valence-corrected chi connectivity index (χ1v) is 11.0. The third-order valence-electron chi connectivity index (χ3n) is 6.02. The number of hydrogen-bond donors (Lipinski definition) is 1. The Morgan fingerprint density at radius 2 is 1.88 bits per heavy atom. The van der Waals surface area contributed by atoms with Crippen LogP contribution in [0.4, 0.5) is 15.9 Å². The quantitative estimate of drug-likeness (QED) is 0.657. The highest BCUT2D eigenvalue weighted by Gasteiger charge is 2.26. The Bertz CT molecular complexity index is 1180. The zero-order valence-electron chi connectivity index (χ0n) is 18.3. The van der Waals surface area contributed by atoms with Crippen LogP contribution in [0.25, 0.3) is 5.69 Å². The second kappa shape index (κ2) is 9.34. The summed E-state index contributed by atoms with van der Waals surface area (Å²) in [5, 5.41) is 7.59. The fourth-order valence-corrected chi connectivity index (χ4v) is 4.16. The zero-order chi connectivity index (χ0) is 22.7. The molecular weight excluding hydrogens is 407 g/mol. The van der Waals surface area contributed by atoms with Crippen molar-refractivity contribution in [2.24, 2.45) is 5.92 Å². The van der Waals surface area contributed by atoms with E-state index in [1.807, 2.05) is 25.1 Å². The van der Waals surface area contributed by atoms with Gasteiger partial charge in [-0.3, -0.25) is 9.59 Å². The average Bonchev–Trinajstić information content (AvgIpc) is 2.80. The summed E-state index contributed by atoms with van der Waals surface area (Å²) in [5.74, 6) is 0.184. The molecule has 1 amide bonds. The van der Waals surface area contributed by atoms with Crippen molar-refractivity contribution in [3.05, 3.63) is 81.9 Å². The van der Waals surface area contributed by atoms with Crippen LogP contribution in [0.1, 0.15) is 30.9 Å². The average molecular weight is 435 g/mol. The fourth-order valence-electron chi connectivity index (χ4n) is 4.16. The van der Waals surface area contributed by atoms with Crippen LogP contribution >= 0.6 is 0 Å². The molecule has 0 atom stereocenters. The van der Waals surface area contributed by atoms with E-state index in [-0.39, 0.29) is 17.4 Å². The molecule has 32 heavy (non-hydrogen) atoms. The predicted octanol–water partition coefficient (Wildman–Crippen LogP) is 4.10. The van der Waals surface area contributed by atoms with Gasteiger partial charge in [0.05, 0.1) is 5.69 Å². The Balaban J connectivity index is 1.45. The van der Waals surface area contributed by atoms with Crippen molar-refractivity contribution in [2.45, 2.75) is 33.1 Å². The maximum atomic E-state index is 13.6. The minimum absolute atomic E-state index is 0.0475. The van der Waals surface area contributed by atoms with Gasteiger partial charge in [-0.25, -0.2) is 4.39 Å². The number of carbonyl (C=O) groups excluding carboxylic acids is 1. The number of anilines is 2. The van der Waals surface area contributed by atoms with E-state index in [1.165, 1.54) is 22.9 Å². The Morgan fingerprint density at radius 1 is 1.12 bits per heavy atom. The maximum absolute atomic E-state index is 13.6. The van der Waals surface area contributed by atoms with Gasteiger partial charge in [-0.15, -0.1) is 5.10 Å². The largest absolute Gasteiger partial charge is 0.355 e. The van der Waals surface area contributed by atoms with Crippen molar-refractivity contribution in [1.82, 2.24) is 9.78 Å². The highest BCUT2D eigenvalue weighted by molar-refractivity contribution is 5.94. The number of aryl methyl sites for hydroxylation is 2. The standard InChI is InChI=1S/C25H27FN4O2/c1-3-18-7-4-6-17(2)24(18)27-25(32)19-12-14-29(15-13-19)22-10-11-23(31)30(28-22)21-9-5-8-20(26)16-21/h4-11,16,19H,3,12-15H2,1-2H3,(H,27,32). The molecule has 0 spiro atoms. The van der Waals surface area contributed by atoms with E-state index in [4.69, 9.17) is 0 Å². The van der Waals surface area contributed by atoms with Crippen LogP contribution in [0, 0.1) is 18.7 Å². The van der Waals surface area contributed by atoms with E-state index in [2.05, 4.69) is 22.2 Å². The second-order valence-electron chi connectivity index (χ2n) is 8.13. The summed E-state index contributed by atoms with van der Waals surface area (Å²) in [4.78, 5) is 27.2. The van der Waals surface area contributed by atoms with E-state index in [1.54, 1.807) is 18.2 Å². The number of nitrogens with zero attached hydrogens (tertiary/aromatic N) is 3. The van der Waals surface area contributed by atoms with Crippen molar-refractivity contribution in [2.75, 3.05) is 23.3 Å². The molecule has 1 N–H and O–H groups in total. The Hall–Kier alpha value is -3.48. The Kier molecular flexibility index (Phi) is 6.35. The van der Waals surface area contributed by atoms with Crippen LogP contribution in [0.15, 0.2) is 59.4 Å². The number of amides is 1. The van der Waals surface area contributed by atoms with Crippen LogP contribution in [0.3, 0.4) is 0 Å². The molecule has 166 valence electrons. The molecule has 2 heterocycles. The number of para-hydroxylation sites is 1. The summed E-state index contributed by atoms with van der Waals surface area (Å²) in [5.41, 5.74) is 3.19. The topological polar surface area (TPSA) is 67.2 Å². The lowest BCUT2D eigenvalue weighted by Gasteiger charge is -2.32. The molecule has 1 saturated heterocycles. The molecule has 0 radical (unpaired) electrons. The third-order valence-corrected chi connectivity index (χ3v) is 6.02. The SMILES string of the molecule is CCc1cccc(C)c1NC(=O)C1CCN(c2ccc(=O)n(-c3cccc(F)c3)n2)CC1. The van der Waals surface area contributed by atoms with Crippen molar-refractivity contribution in [3.63, 3.8) is 0 Å². The first kappa shape index (κ1) is 21.7. The summed E-state index contributed by atoms with van der Waals surface area (Å²) < 4.78 is 14.8. The molecule has 0 aliphatic carbocycles.